The zero-order valence-corrected chi connectivity index (χ0v) is 22.6. The molecular formula is C25H40FNO8Si. The van der Waals surface area contributed by atoms with Crippen LogP contribution < -0.4 is 10.1 Å². The number of carbonyl (C=O) groups excluding carboxylic acids is 1. The summed E-state index contributed by atoms with van der Waals surface area (Å²) in [5, 5.41) is 11.4. The van der Waals surface area contributed by atoms with Crippen molar-refractivity contribution >= 4 is 26.9 Å². The molecule has 11 heteroatoms. The van der Waals surface area contributed by atoms with Gasteiger partial charge in [-0.25, -0.2) is 14.0 Å². The predicted molar refractivity (Wildman–Crippen MR) is 136 cm³/mol. The summed E-state index contributed by atoms with van der Waals surface area (Å²) in [5.41, 5.74) is 0.447. The fourth-order valence-electron chi connectivity index (χ4n) is 3.36. The molecule has 0 aliphatic heterocycles. The van der Waals surface area contributed by atoms with Crippen molar-refractivity contribution in [2.75, 3.05) is 39.6 Å². The summed E-state index contributed by atoms with van der Waals surface area (Å²) < 4.78 is 42.0. The van der Waals surface area contributed by atoms with Crippen LogP contribution in [0.25, 0.3) is 6.08 Å². The number of hydrogen-bond acceptors (Lipinski definition) is 7. The van der Waals surface area contributed by atoms with E-state index in [-0.39, 0.29) is 5.75 Å². The van der Waals surface area contributed by atoms with Gasteiger partial charge in [0, 0.05) is 38.5 Å². The molecule has 1 aromatic carbocycles. The van der Waals surface area contributed by atoms with Gasteiger partial charge in [-0.1, -0.05) is 6.07 Å². The smallest absolute Gasteiger partial charge is 0.491 e. The molecule has 2 N–H and O–H groups in total. The summed E-state index contributed by atoms with van der Waals surface area (Å²) in [6, 6.07) is 4.93. The van der Waals surface area contributed by atoms with Crippen molar-refractivity contribution in [2.45, 2.75) is 58.9 Å². The number of hydrogen-bond donors (Lipinski definition) is 2. The third-order valence-corrected chi connectivity index (χ3v) is 8.08. The second-order valence-electron chi connectivity index (χ2n) is 7.77. The second kappa shape index (κ2) is 18.7. The van der Waals surface area contributed by atoms with Crippen molar-refractivity contribution in [3.63, 3.8) is 0 Å². The van der Waals surface area contributed by atoms with E-state index in [1.165, 1.54) is 18.2 Å². The lowest BCUT2D eigenvalue weighted by molar-refractivity contribution is -0.131. The van der Waals surface area contributed by atoms with Crippen LogP contribution in [0.3, 0.4) is 0 Å². The molecule has 0 heterocycles. The minimum atomic E-state index is -2.69. The summed E-state index contributed by atoms with van der Waals surface area (Å²) in [7, 11) is -2.69. The lowest BCUT2D eigenvalue weighted by Crippen LogP contribution is -2.46. The largest absolute Gasteiger partial charge is 0.500 e. The minimum absolute atomic E-state index is 0.131. The number of ether oxygens (including phenoxy) is 2. The molecule has 0 fully saturated rings. The number of benzene rings is 1. The van der Waals surface area contributed by atoms with Gasteiger partial charge in [-0.3, -0.25) is 0 Å². The fraction of sp³-hybridized carbons (Fsp3) is 0.600. The summed E-state index contributed by atoms with van der Waals surface area (Å²) in [6.07, 6.45) is 5.64. The van der Waals surface area contributed by atoms with E-state index in [1.54, 1.807) is 6.07 Å². The molecule has 9 nitrogen and oxygen atoms in total. The predicted octanol–water partition coefficient (Wildman–Crippen LogP) is 5.03. The van der Waals surface area contributed by atoms with Crippen molar-refractivity contribution in [3.05, 3.63) is 35.7 Å². The van der Waals surface area contributed by atoms with Crippen LogP contribution in [0.2, 0.25) is 6.04 Å². The monoisotopic (exact) mass is 529 g/mol. The quantitative estimate of drug-likeness (QED) is 0.137. The van der Waals surface area contributed by atoms with Gasteiger partial charge in [0.05, 0.1) is 13.2 Å². The highest BCUT2D eigenvalue weighted by atomic mass is 28.4. The normalized spacial score (nSPS) is 11.6. The van der Waals surface area contributed by atoms with Crippen molar-refractivity contribution in [1.82, 2.24) is 5.32 Å². The first kappa shape index (κ1) is 31.6. The Morgan fingerprint density at radius 2 is 1.61 bits per heavy atom. The molecule has 0 aliphatic carbocycles. The Morgan fingerprint density at radius 3 is 2.19 bits per heavy atom. The van der Waals surface area contributed by atoms with E-state index < -0.39 is 26.7 Å². The van der Waals surface area contributed by atoms with Gasteiger partial charge < -0.3 is 33.2 Å². The summed E-state index contributed by atoms with van der Waals surface area (Å²) >= 11 is 0. The lowest BCUT2D eigenvalue weighted by Gasteiger charge is -2.28. The molecule has 0 unspecified atom stereocenters. The molecule has 0 radical (unpaired) electrons. The van der Waals surface area contributed by atoms with Gasteiger partial charge in [-0.2, -0.15) is 0 Å². The van der Waals surface area contributed by atoms with Crippen LogP contribution in [0.5, 0.6) is 5.75 Å². The number of rotatable bonds is 20. The van der Waals surface area contributed by atoms with E-state index in [0.29, 0.717) is 57.6 Å². The summed E-state index contributed by atoms with van der Waals surface area (Å²) in [5.74, 6) is -1.50. The highest BCUT2D eigenvalue weighted by Crippen LogP contribution is 2.20. The molecule has 1 aromatic rings. The maximum atomic E-state index is 14.0. The average molecular weight is 530 g/mol. The molecule has 0 saturated heterocycles. The van der Waals surface area contributed by atoms with Gasteiger partial charge in [-0.05, 0) is 76.6 Å². The third kappa shape index (κ3) is 13.6. The Hall–Kier alpha value is -2.47. The van der Waals surface area contributed by atoms with Crippen molar-refractivity contribution in [3.8, 4) is 5.75 Å². The van der Waals surface area contributed by atoms with Crippen molar-refractivity contribution in [1.29, 1.82) is 0 Å². The third-order valence-electron chi connectivity index (χ3n) is 4.93. The van der Waals surface area contributed by atoms with Crippen LogP contribution in [0.4, 0.5) is 9.18 Å². The molecule has 0 saturated carbocycles. The Labute approximate surface area is 214 Å². The van der Waals surface area contributed by atoms with Gasteiger partial charge in [0.15, 0.2) is 11.6 Å². The molecule has 1 rings (SSSR count). The number of unbranched alkanes of at least 4 members (excludes halogenated alkanes) is 3. The molecule has 0 spiro atoms. The number of aliphatic carboxylic acids is 1. The SMILES string of the molecule is CCO[Si](CCCNC(=O)OCCCCCCOc1ccc(/C=C/C(=O)O)cc1F)(OCC)OCC. The van der Waals surface area contributed by atoms with Crippen LogP contribution >= 0.6 is 0 Å². The van der Waals surface area contributed by atoms with Crippen LogP contribution in [0.1, 0.15) is 58.4 Å². The number of nitrogens with one attached hydrogen (secondary N) is 1. The number of halogens is 1. The molecule has 0 atom stereocenters. The molecule has 0 bridgehead atoms. The van der Waals surface area contributed by atoms with E-state index in [4.69, 9.17) is 27.9 Å². The zero-order valence-electron chi connectivity index (χ0n) is 21.6. The molecule has 0 aliphatic rings. The van der Waals surface area contributed by atoms with Gasteiger partial charge in [0.25, 0.3) is 0 Å². The van der Waals surface area contributed by atoms with E-state index in [2.05, 4.69) is 5.32 Å². The molecule has 36 heavy (non-hydrogen) atoms. The lowest BCUT2D eigenvalue weighted by atomic mass is 10.2. The summed E-state index contributed by atoms with van der Waals surface area (Å²) in [4.78, 5) is 22.4. The van der Waals surface area contributed by atoms with Gasteiger partial charge in [-0.15, -0.1) is 0 Å². The highest BCUT2D eigenvalue weighted by Gasteiger charge is 2.39. The number of carbonyl (C=O) groups is 2. The van der Waals surface area contributed by atoms with Crippen LogP contribution in [0.15, 0.2) is 24.3 Å². The number of carboxylic acid groups (broad SMARTS) is 1. The van der Waals surface area contributed by atoms with E-state index in [9.17, 15) is 14.0 Å². The second-order valence-corrected chi connectivity index (χ2v) is 10.5. The van der Waals surface area contributed by atoms with Crippen LogP contribution in [-0.4, -0.2) is 65.6 Å². The molecule has 0 aromatic heterocycles. The molecule has 204 valence electrons. The topological polar surface area (TPSA) is 113 Å². The first-order valence-corrected chi connectivity index (χ1v) is 14.4. The number of carboxylic acids is 1. The van der Waals surface area contributed by atoms with Crippen molar-refractivity contribution in [2.24, 2.45) is 0 Å². The van der Waals surface area contributed by atoms with E-state index in [1.807, 2.05) is 20.8 Å². The fourth-order valence-corrected chi connectivity index (χ4v) is 5.97. The molecule has 1 amide bonds. The van der Waals surface area contributed by atoms with Gasteiger partial charge in [0.1, 0.15) is 0 Å². The maximum absolute atomic E-state index is 14.0. The Morgan fingerprint density at radius 1 is 0.972 bits per heavy atom. The summed E-state index contributed by atoms with van der Waals surface area (Å²) in [6.45, 7) is 8.42. The molecular weight excluding hydrogens is 489 g/mol. The van der Waals surface area contributed by atoms with E-state index in [0.717, 1.165) is 31.8 Å². The minimum Gasteiger partial charge on any atom is -0.491 e. The Bertz CT molecular complexity index is 791. The standard InChI is InChI=1S/C25H40FNO8Si/c1-4-33-36(34-5-2,35-6-3)19-11-16-27-25(30)32-18-10-8-7-9-17-31-23-14-12-21(20-22(23)26)13-15-24(28)29/h12-15,20H,4-11,16-19H2,1-3H3,(H,27,30)(H,28,29)/b15-13+. The first-order valence-electron chi connectivity index (χ1n) is 12.5. The number of alkyl carbamates (subject to hydrolysis) is 1. The van der Waals surface area contributed by atoms with E-state index >= 15 is 0 Å². The zero-order chi connectivity index (χ0) is 26.7. The van der Waals surface area contributed by atoms with Crippen LogP contribution in [0, 0.1) is 5.82 Å². The van der Waals surface area contributed by atoms with Gasteiger partial charge in [0.2, 0.25) is 0 Å². The highest BCUT2D eigenvalue weighted by molar-refractivity contribution is 6.60. The average Bonchev–Trinajstić information content (AvgIpc) is 2.83. The Kier molecular flexibility index (Phi) is 16.4. The van der Waals surface area contributed by atoms with Crippen molar-refractivity contribution < 1.29 is 41.8 Å². The van der Waals surface area contributed by atoms with Gasteiger partial charge >= 0.3 is 20.9 Å². The number of amides is 1. The van der Waals surface area contributed by atoms with Crippen LogP contribution in [-0.2, 0) is 22.8 Å². The first-order chi connectivity index (χ1) is 17.4. The Balaban J connectivity index is 2.13. The maximum Gasteiger partial charge on any atom is 0.500 e.